The van der Waals surface area contributed by atoms with Crippen LogP contribution in [0.4, 0.5) is 10.1 Å². The number of para-hydroxylation sites is 1. The van der Waals surface area contributed by atoms with Gasteiger partial charge in [-0.2, -0.15) is 4.31 Å². The molecule has 0 radical (unpaired) electrons. The molecule has 0 saturated heterocycles. The van der Waals surface area contributed by atoms with E-state index in [-0.39, 0.29) is 19.1 Å². The van der Waals surface area contributed by atoms with E-state index in [1.807, 2.05) is 42.5 Å². The number of aromatic nitrogens is 2. The number of nitrogens with zero attached hydrogens (tertiary/aromatic N) is 3. The van der Waals surface area contributed by atoms with Gasteiger partial charge in [0.1, 0.15) is 0 Å². The molecular weight excluding hydrogens is 403 g/mol. The van der Waals surface area contributed by atoms with Gasteiger partial charge >= 0.3 is 0 Å². The first-order valence-electron chi connectivity index (χ1n) is 9.96. The van der Waals surface area contributed by atoms with Gasteiger partial charge in [-0.15, -0.1) is 0 Å². The van der Waals surface area contributed by atoms with Crippen molar-refractivity contribution in [2.24, 2.45) is 0 Å². The molecule has 1 aliphatic heterocycles. The monoisotopic (exact) mass is 428 g/mol. The van der Waals surface area contributed by atoms with Crippen molar-refractivity contribution in [3.8, 4) is 0 Å². The van der Waals surface area contributed by atoms with Crippen molar-refractivity contribution in [1.82, 2.24) is 14.3 Å². The number of halogens is 1. The fraction of sp³-hybridized carbons (Fsp3) is 0.318. The first-order chi connectivity index (χ1) is 14.6. The molecule has 158 valence electrons. The summed E-state index contributed by atoms with van der Waals surface area (Å²) in [5, 5.41) is 0. The molecule has 0 aliphatic carbocycles. The molecule has 1 aliphatic rings. The SMILES string of the molecule is O=S(=O)(CF)N1Cc2ccccc2N(Cc2cnc[nH]2)[C@H](CCc2ccccc2)C1. The predicted molar refractivity (Wildman–Crippen MR) is 115 cm³/mol. The van der Waals surface area contributed by atoms with E-state index >= 15 is 0 Å². The van der Waals surface area contributed by atoms with E-state index in [4.69, 9.17) is 0 Å². The lowest BCUT2D eigenvalue weighted by Gasteiger charge is -2.34. The minimum atomic E-state index is -3.97. The van der Waals surface area contributed by atoms with Crippen molar-refractivity contribution in [3.63, 3.8) is 0 Å². The third-order valence-corrected chi connectivity index (χ3v) is 6.88. The van der Waals surface area contributed by atoms with Gasteiger partial charge in [-0.05, 0) is 30.0 Å². The van der Waals surface area contributed by atoms with Crippen molar-refractivity contribution in [1.29, 1.82) is 0 Å². The molecule has 0 spiro atoms. The Balaban J connectivity index is 1.70. The Morgan fingerprint density at radius 1 is 1.10 bits per heavy atom. The van der Waals surface area contributed by atoms with Crippen LogP contribution >= 0.6 is 0 Å². The standard InChI is InChI=1S/C22H25FN4O2S/c23-16-30(28,29)26-13-19-8-4-5-9-22(19)27(14-20-12-24-17-25-20)21(15-26)11-10-18-6-2-1-3-7-18/h1-9,12,17,21H,10-11,13-16H2,(H,24,25)/t21-/m1/s1. The predicted octanol–water partition coefficient (Wildman–Crippen LogP) is 3.49. The molecule has 30 heavy (non-hydrogen) atoms. The number of aromatic amines is 1. The Hall–Kier alpha value is -2.71. The van der Waals surface area contributed by atoms with Crippen LogP contribution in [0.15, 0.2) is 67.1 Å². The second kappa shape index (κ2) is 8.97. The summed E-state index contributed by atoms with van der Waals surface area (Å²) in [6.45, 7) is 0.978. The molecule has 4 rings (SSSR count). The molecule has 0 fully saturated rings. The number of hydrogen-bond donors (Lipinski definition) is 1. The second-order valence-electron chi connectivity index (χ2n) is 7.53. The highest BCUT2D eigenvalue weighted by Crippen LogP contribution is 2.32. The average Bonchev–Trinajstić information content (AvgIpc) is 3.23. The van der Waals surface area contributed by atoms with Gasteiger partial charge in [0.25, 0.3) is 0 Å². The summed E-state index contributed by atoms with van der Waals surface area (Å²) in [6, 6.07) is 16.4. The minimum absolute atomic E-state index is 0.113. The van der Waals surface area contributed by atoms with Crippen molar-refractivity contribution < 1.29 is 12.8 Å². The van der Waals surface area contributed by atoms with Crippen molar-refractivity contribution in [2.75, 3.05) is 17.5 Å². The Kier molecular flexibility index (Phi) is 6.15. The first-order valence-corrected chi connectivity index (χ1v) is 11.6. The van der Waals surface area contributed by atoms with Crippen LogP contribution in [0.3, 0.4) is 0 Å². The van der Waals surface area contributed by atoms with E-state index in [2.05, 4.69) is 27.0 Å². The fourth-order valence-corrected chi connectivity index (χ4v) is 4.86. The van der Waals surface area contributed by atoms with Crippen LogP contribution in [0, 0.1) is 0 Å². The zero-order valence-corrected chi connectivity index (χ0v) is 17.4. The molecular formula is C22H25FN4O2S. The van der Waals surface area contributed by atoms with E-state index < -0.39 is 16.0 Å². The summed E-state index contributed by atoms with van der Waals surface area (Å²) in [7, 11) is -3.97. The van der Waals surface area contributed by atoms with Crippen LogP contribution in [0.25, 0.3) is 0 Å². The number of benzene rings is 2. The number of rotatable bonds is 7. The highest BCUT2D eigenvalue weighted by Gasteiger charge is 2.33. The number of fused-ring (bicyclic) bond motifs is 1. The molecule has 0 amide bonds. The molecule has 0 saturated carbocycles. The van der Waals surface area contributed by atoms with E-state index in [1.165, 1.54) is 9.87 Å². The van der Waals surface area contributed by atoms with Gasteiger partial charge in [0.15, 0.2) is 0 Å². The quantitative estimate of drug-likeness (QED) is 0.626. The maximum absolute atomic E-state index is 13.4. The third kappa shape index (κ3) is 4.55. The molecule has 3 aromatic rings. The smallest absolute Gasteiger partial charge is 0.243 e. The van der Waals surface area contributed by atoms with Crippen LogP contribution in [0.5, 0.6) is 0 Å². The fourth-order valence-electron chi connectivity index (χ4n) is 3.98. The number of H-pyrrole nitrogens is 1. The molecule has 0 bridgehead atoms. The number of anilines is 1. The van der Waals surface area contributed by atoms with Crippen molar-refractivity contribution in [3.05, 3.63) is 83.9 Å². The Morgan fingerprint density at radius 3 is 2.60 bits per heavy atom. The van der Waals surface area contributed by atoms with Crippen molar-refractivity contribution >= 4 is 15.7 Å². The van der Waals surface area contributed by atoms with Crippen LogP contribution < -0.4 is 4.90 Å². The lowest BCUT2D eigenvalue weighted by Crippen LogP contribution is -2.44. The lowest BCUT2D eigenvalue weighted by atomic mass is 10.0. The van der Waals surface area contributed by atoms with E-state index in [0.29, 0.717) is 6.54 Å². The number of nitrogens with one attached hydrogen (secondary N) is 1. The summed E-state index contributed by atoms with van der Waals surface area (Å²) in [4.78, 5) is 9.47. The zero-order valence-electron chi connectivity index (χ0n) is 16.6. The van der Waals surface area contributed by atoms with Gasteiger partial charge in [-0.3, -0.25) is 0 Å². The van der Waals surface area contributed by atoms with Gasteiger partial charge in [-0.25, -0.2) is 17.8 Å². The number of alkyl halides is 1. The van der Waals surface area contributed by atoms with Crippen LogP contribution in [-0.4, -0.2) is 41.3 Å². The molecule has 6 nitrogen and oxygen atoms in total. The Bertz CT molecular complexity index is 1060. The number of sulfonamides is 1. The van der Waals surface area contributed by atoms with Gasteiger partial charge < -0.3 is 9.88 Å². The van der Waals surface area contributed by atoms with Crippen LogP contribution in [0.1, 0.15) is 23.2 Å². The third-order valence-electron chi connectivity index (χ3n) is 5.54. The average molecular weight is 429 g/mol. The second-order valence-corrected chi connectivity index (χ2v) is 9.42. The molecule has 2 heterocycles. The first kappa shape index (κ1) is 20.6. The normalized spacial score (nSPS) is 17.5. The summed E-state index contributed by atoms with van der Waals surface area (Å²) in [6.07, 6.45) is 4.96. The van der Waals surface area contributed by atoms with Gasteiger partial charge in [-0.1, -0.05) is 48.5 Å². The van der Waals surface area contributed by atoms with Gasteiger partial charge in [0.05, 0.1) is 18.6 Å². The van der Waals surface area contributed by atoms with E-state index in [1.54, 1.807) is 12.5 Å². The van der Waals surface area contributed by atoms with E-state index in [9.17, 15) is 12.8 Å². The van der Waals surface area contributed by atoms with Crippen molar-refractivity contribution in [2.45, 2.75) is 32.0 Å². The molecule has 2 aromatic carbocycles. The van der Waals surface area contributed by atoms with E-state index in [0.717, 1.165) is 29.8 Å². The summed E-state index contributed by atoms with van der Waals surface area (Å²) < 4.78 is 39.6. The summed E-state index contributed by atoms with van der Waals surface area (Å²) in [5.41, 5.74) is 3.98. The molecule has 1 N–H and O–H groups in total. The highest BCUT2D eigenvalue weighted by atomic mass is 32.2. The molecule has 0 unspecified atom stereocenters. The summed E-state index contributed by atoms with van der Waals surface area (Å²) in [5.74, 6) is 0. The van der Waals surface area contributed by atoms with Crippen LogP contribution in [-0.2, 0) is 29.5 Å². The topological polar surface area (TPSA) is 69.3 Å². The largest absolute Gasteiger partial charge is 0.361 e. The molecule has 8 heteroatoms. The summed E-state index contributed by atoms with van der Waals surface area (Å²) >= 11 is 0. The minimum Gasteiger partial charge on any atom is -0.361 e. The number of imidazole rings is 1. The maximum atomic E-state index is 13.4. The van der Waals surface area contributed by atoms with Gasteiger partial charge in [0, 0.05) is 31.0 Å². The molecule has 1 atom stereocenters. The molecule has 1 aromatic heterocycles. The number of hydrogen-bond acceptors (Lipinski definition) is 4. The Morgan fingerprint density at radius 2 is 1.87 bits per heavy atom. The zero-order chi connectivity index (χ0) is 21.0. The van der Waals surface area contributed by atoms with Gasteiger partial charge in [0.2, 0.25) is 16.0 Å². The van der Waals surface area contributed by atoms with Crippen LogP contribution in [0.2, 0.25) is 0 Å². The number of aryl methyl sites for hydroxylation is 1. The maximum Gasteiger partial charge on any atom is 0.243 e. The highest BCUT2D eigenvalue weighted by molar-refractivity contribution is 7.88. The lowest BCUT2D eigenvalue weighted by molar-refractivity contribution is 0.361. The Labute approximate surface area is 176 Å².